The van der Waals surface area contributed by atoms with Gasteiger partial charge in [-0.2, -0.15) is 0 Å². The maximum absolute atomic E-state index is 14.5. The molecule has 3 heterocycles. The van der Waals surface area contributed by atoms with Gasteiger partial charge in [0, 0.05) is 25.8 Å². The number of rotatable bonds is 2. The number of carbonyl (C=O) groups is 2. The molecular weight excluding hydrogens is 323 g/mol. The summed E-state index contributed by atoms with van der Waals surface area (Å²) in [7, 11) is 1.92. The molecule has 0 N–H and O–H groups in total. The summed E-state index contributed by atoms with van der Waals surface area (Å²) < 4.78 is 14.5. The molecule has 25 heavy (non-hydrogen) atoms. The van der Waals surface area contributed by atoms with Crippen molar-refractivity contribution in [1.29, 1.82) is 0 Å². The van der Waals surface area contributed by atoms with E-state index >= 15 is 0 Å². The SMILES string of the molecule is CN1CC(=O)N(c2cccnc2)CC12CCN(C(=O)C1(F)CCC1)C2. The number of hydrogen-bond acceptors (Lipinski definition) is 4. The van der Waals surface area contributed by atoms with Crippen LogP contribution in [0, 0.1) is 0 Å². The van der Waals surface area contributed by atoms with Crippen molar-refractivity contribution in [3.05, 3.63) is 24.5 Å². The van der Waals surface area contributed by atoms with E-state index in [0.717, 1.165) is 18.5 Å². The fourth-order valence-corrected chi connectivity index (χ4v) is 4.16. The quantitative estimate of drug-likeness (QED) is 0.808. The van der Waals surface area contributed by atoms with E-state index in [1.54, 1.807) is 22.2 Å². The molecule has 2 aliphatic heterocycles. The van der Waals surface area contributed by atoms with Gasteiger partial charge < -0.3 is 9.80 Å². The predicted octanol–water partition coefficient (Wildman–Crippen LogP) is 1.22. The first-order valence-corrected chi connectivity index (χ1v) is 8.84. The summed E-state index contributed by atoms with van der Waals surface area (Å²) in [6.45, 7) is 1.80. The lowest BCUT2D eigenvalue weighted by molar-refractivity contribution is -0.149. The van der Waals surface area contributed by atoms with Gasteiger partial charge in [-0.3, -0.25) is 19.5 Å². The monoisotopic (exact) mass is 346 g/mol. The minimum absolute atomic E-state index is 0.0202. The summed E-state index contributed by atoms with van der Waals surface area (Å²) in [5, 5.41) is 0. The normalized spacial score (nSPS) is 29.1. The van der Waals surface area contributed by atoms with Crippen molar-refractivity contribution >= 4 is 17.5 Å². The first-order chi connectivity index (χ1) is 11.9. The zero-order chi connectivity index (χ0) is 17.7. The summed E-state index contributed by atoms with van der Waals surface area (Å²) in [6.07, 6.45) is 5.56. The molecule has 0 aromatic carbocycles. The number of alkyl halides is 1. The molecule has 1 unspecified atom stereocenters. The van der Waals surface area contributed by atoms with E-state index in [-0.39, 0.29) is 23.9 Å². The van der Waals surface area contributed by atoms with Crippen LogP contribution in [0.5, 0.6) is 0 Å². The number of pyridine rings is 1. The molecule has 3 fully saturated rings. The second-order valence-electron chi connectivity index (χ2n) is 7.57. The number of amides is 2. The molecule has 134 valence electrons. The van der Waals surface area contributed by atoms with E-state index in [2.05, 4.69) is 4.98 Å². The van der Waals surface area contributed by atoms with E-state index in [1.165, 1.54) is 0 Å². The average molecular weight is 346 g/mol. The molecule has 0 radical (unpaired) electrons. The minimum Gasteiger partial charge on any atom is -0.338 e. The van der Waals surface area contributed by atoms with Gasteiger partial charge in [-0.25, -0.2) is 4.39 Å². The van der Waals surface area contributed by atoms with Crippen LogP contribution in [0.2, 0.25) is 0 Å². The molecule has 1 aromatic heterocycles. The standard InChI is InChI=1S/C18H23FN4O2/c1-21-11-15(24)23(14-4-2-8-20-10-14)13-17(21)7-9-22(12-17)16(25)18(19)5-3-6-18/h2,4,8,10H,3,5-7,9,11-13H2,1H3. The second kappa shape index (κ2) is 5.76. The number of anilines is 1. The van der Waals surface area contributed by atoms with Gasteiger partial charge >= 0.3 is 0 Å². The van der Waals surface area contributed by atoms with Crippen LogP contribution in [0.1, 0.15) is 25.7 Å². The van der Waals surface area contributed by atoms with Crippen molar-refractivity contribution in [2.75, 3.05) is 38.1 Å². The maximum atomic E-state index is 14.5. The molecule has 7 heteroatoms. The molecule has 1 aliphatic carbocycles. The first-order valence-electron chi connectivity index (χ1n) is 8.84. The highest BCUT2D eigenvalue weighted by atomic mass is 19.1. The number of aromatic nitrogens is 1. The average Bonchev–Trinajstić information content (AvgIpc) is 3.02. The first kappa shape index (κ1) is 16.4. The Kier molecular flexibility index (Phi) is 3.79. The fraction of sp³-hybridized carbons (Fsp3) is 0.611. The lowest BCUT2D eigenvalue weighted by Crippen LogP contribution is -2.65. The topological polar surface area (TPSA) is 56.8 Å². The maximum Gasteiger partial charge on any atom is 0.260 e. The smallest absolute Gasteiger partial charge is 0.260 e. The molecular formula is C18H23FN4O2. The van der Waals surface area contributed by atoms with Crippen LogP contribution in [0.15, 0.2) is 24.5 Å². The van der Waals surface area contributed by atoms with Gasteiger partial charge in [0.15, 0.2) is 5.67 Å². The molecule has 0 bridgehead atoms. The Morgan fingerprint density at radius 3 is 2.72 bits per heavy atom. The fourth-order valence-electron chi connectivity index (χ4n) is 4.16. The number of carbonyl (C=O) groups excluding carboxylic acids is 2. The Morgan fingerprint density at radius 1 is 1.28 bits per heavy atom. The summed E-state index contributed by atoms with van der Waals surface area (Å²) in [6, 6.07) is 3.67. The van der Waals surface area contributed by atoms with E-state index in [4.69, 9.17) is 0 Å². The lowest BCUT2D eigenvalue weighted by Gasteiger charge is -2.47. The molecule has 2 saturated heterocycles. The molecule has 6 nitrogen and oxygen atoms in total. The van der Waals surface area contributed by atoms with E-state index < -0.39 is 5.67 Å². The zero-order valence-electron chi connectivity index (χ0n) is 14.4. The van der Waals surface area contributed by atoms with Crippen LogP contribution in [0.4, 0.5) is 10.1 Å². The van der Waals surface area contributed by atoms with Crippen molar-refractivity contribution < 1.29 is 14.0 Å². The summed E-state index contributed by atoms with van der Waals surface area (Å²) in [4.78, 5) is 34.6. The molecule has 4 rings (SSSR count). The van der Waals surface area contributed by atoms with Gasteiger partial charge in [0.1, 0.15) is 0 Å². The number of piperazine rings is 1. The lowest BCUT2D eigenvalue weighted by atomic mass is 9.81. The number of hydrogen-bond donors (Lipinski definition) is 0. The third-order valence-electron chi connectivity index (χ3n) is 6.04. The highest BCUT2D eigenvalue weighted by molar-refractivity contribution is 5.96. The van der Waals surface area contributed by atoms with Gasteiger partial charge in [0.2, 0.25) is 5.91 Å². The summed E-state index contributed by atoms with van der Waals surface area (Å²) in [5.74, 6) is -0.347. The second-order valence-corrected chi connectivity index (χ2v) is 7.57. The highest BCUT2D eigenvalue weighted by Gasteiger charge is 2.53. The number of halogens is 1. The Morgan fingerprint density at radius 2 is 2.08 bits per heavy atom. The zero-order valence-corrected chi connectivity index (χ0v) is 14.4. The van der Waals surface area contributed by atoms with Crippen LogP contribution in [-0.4, -0.2) is 71.0 Å². The minimum atomic E-state index is -1.66. The summed E-state index contributed by atoms with van der Waals surface area (Å²) in [5.41, 5.74) is -1.21. The third kappa shape index (κ3) is 2.61. The number of nitrogens with zero attached hydrogens (tertiary/aromatic N) is 4. The highest BCUT2D eigenvalue weighted by Crippen LogP contribution is 2.40. The molecule has 2 amide bonds. The Hall–Kier alpha value is -2.02. The van der Waals surface area contributed by atoms with E-state index in [0.29, 0.717) is 32.5 Å². The van der Waals surface area contributed by atoms with Crippen LogP contribution < -0.4 is 4.90 Å². The van der Waals surface area contributed by atoms with Gasteiger partial charge in [0.25, 0.3) is 5.91 Å². The summed E-state index contributed by atoms with van der Waals surface area (Å²) >= 11 is 0. The van der Waals surface area contributed by atoms with E-state index in [9.17, 15) is 14.0 Å². The van der Waals surface area contributed by atoms with Gasteiger partial charge in [-0.05, 0) is 44.9 Å². The van der Waals surface area contributed by atoms with Crippen molar-refractivity contribution in [1.82, 2.24) is 14.8 Å². The molecule has 1 spiro atoms. The van der Waals surface area contributed by atoms with Crippen molar-refractivity contribution in [2.24, 2.45) is 0 Å². The van der Waals surface area contributed by atoms with Crippen LogP contribution in [0.25, 0.3) is 0 Å². The molecule has 1 saturated carbocycles. The largest absolute Gasteiger partial charge is 0.338 e. The number of likely N-dealkylation sites (N-methyl/N-ethyl adjacent to an activating group) is 1. The van der Waals surface area contributed by atoms with Crippen molar-refractivity contribution in [2.45, 2.75) is 36.9 Å². The van der Waals surface area contributed by atoms with Crippen molar-refractivity contribution in [3.63, 3.8) is 0 Å². The van der Waals surface area contributed by atoms with Crippen LogP contribution >= 0.6 is 0 Å². The molecule has 1 atom stereocenters. The van der Waals surface area contributed by atoms with Gasteiger partial charge in [0.05, 0.1) is 24.0 Å². The number of likely N-dealkylation sites (tertiary alicyclic amines) is 1. The Balaban J connectivity index is 1.54. The predicted molar refractivity (Wildman–Crippen MR) is 90.8 cm³/mol. The van der Waals surface area contributed by atoms with Crippen LogP contribution in [-0.2, 0) is 9.59 Å². The Labute approximate surface area is 146 Å². The van der Waals surface area contributed by atoms with E-state index in [1.807, 2.05) is 24.1 Å². The third-order valence-corrected chi connectivity index (χ3v) is 6.04. The Bertz CT molecular complexity index is 694. The van der Waals surface area contributed by atoms with Crippen molar-refractivity contribution in [3.8, 4) is 0 Å². The molecule has 1 aromatic rings. The van der Waals surface area contributed by atoms with Crippen LogP contribution in [0.3, 0.4) is 0 Å². The van der Waals surface area contributed by atoms with Gasteiger partial charge in [-0.1, -0.05) is 0 Å². The molecule has 3 aliphatic rings. The van der Waals surface area contributed by atoms with Gasteiger partial charge in [-0.15, -0.1) is 0 Å².